The van der Waals surface area contributed by atoms with Crippen LogP contribution in [0.1, 0.15) is 12.5 Å². The van der Waals surface area contributed by atoms with E-state index in [1.54, 1.807) is 24.3 Å². The van der Waals surface area contributed by atoms with E-state index in [4.69, 9.17) is 11.6 Å². The SMILES string of the molecule is CC1(c2cccc([N+](=O)[O-])c2)NC(=O)N(CC(=O)Nc2ccccc2Cl)C1=O. The highest BCUT2D eigenvalue weighted by Gasteiger charge is 2.49. The second-order valence-electron chi connectivity index (χ2n) is 6.28. The van der Waals surface area contributed by atoms with Gasteiger partial charge in [0.25, 0.3) is 11.6 Å². The summed E-state index contributed by atoms with van der Waals surface area (Å²) in [6.45, 7) is 0.901. The van der Waals surface area contributed by atoms with Gasteiger partial charge in [-0.2, -0.15) is 0 Å². The fourth-order valence-corrected chi connectivity index (χ4v) is 3.05. The van der Waals surface area contributed by atoms with Gasteiger partial charge in [0.15, 0.2) is 0 Å². The Labute approximate surface area is 164 Å². The quantitative estimate of drug-likeness (QED) is 0.452. The number of nitro groups is 1. The first-order chi connectivity index (χ1) is 13.2. The number of non-ortho nitro benzene ring substituents is 1. The van der Waals surface area contributed by atoms with E-state index in [0.29, 0.717) is 10.7 Å². The standard InChI is InChI=1S/C18H15ClN4O5/c1-18(11-5-4-6-12(9-11)23(27)28)16(25)22(17(26)21-18)10-15(24)20-14-8-3-2-7-13(14)19/h2-9H,10H2,1H3,(H,20,24)(H,21,26). The number of halogens is 1. The molecule has 0 spiro atoms. The zero-order chi connectivity index (χ0) is 20.5. The van der Waals surface area contributed by atoms with Gasteiger partial charge >= 0.3 is 6.03 Å². The summed E-state index contributed by atoms with van der Waals surface area (Å²) in [4.78, 5) is 48.6. The number of nitrogens with one attached hydrogen (secondary N) is 2. The van der Waals surface area contributed by atoms with Crippen LogP contribution in [-0.4, -0.2) is 34.2 Å². The maximum Gasteiger partial charge on any atom is 0.325 e. The van der Waals surface area contributed by atoms with Crippen molar-refractivity contribution >= 4 is 40.8 Å². The van der Waals surface area contributed by atoms with Gasteiger partial charge in [-0.15, -0.1) is 0 Å². The number of carbonyl (C=O) groups excluding carboxylic acids is 3. The van der Waals surface area contributed by atoms with E-state index in [0.717, 1.165) is 4.90 Å². The maximum absolute atomic E-state index is 12.8. The number of nitrogens with zero attached hydrogens (tertiary/aromatic N) is 2. The predicted octanol–water partition coefficient (Wildman–Crippen LogP) is 2.65. The first-order valence-corrected chi connectivity index (χ1v) is 8.53. The minimum absolute atomic E-state index is 0.212. The molecule has 0 saturated carbocycles. The summed E-state index contributed by atoms with van der Waals surface area (Å²) in [6, 6.07) is 11.2. The van der Waals surface area contributed by atoms with Crippen molar-refractivity contribution in [3.63, 3.8) is 0 Å². The lowest BCUT2D eigenvalue weighted by Gasteiger charge is -2.22. The Morgan fingerprint density at radius 2 is 1.96 bits per heavy atom. The molecule has 1 unspecified atom stereocenters. The molecular formula is C18H15ClN4O5. The molecule has 28 heavy (non-hydrogen) atoms. The van der Waals surface area contributed by atoms with Crippen LogP contribution in [0.15, 0.2) is 48.5 Å². The topological polar surface area (TPSA) is 122 Å². The van der Waals surface area contributed by atoms with Crippen LogP contribution >= 0.6 is 11.6 Å². The number of benzene rings is 2. The average Bonchev–Trinajstić information content (AvgIpc) is 2.88. The lowest BCUT2D eigenvalue weighted by molar-refractivity contribution is -0.385. The molecule has 0 radical (unpaired) electrons. The van der Waals surface area contributed by atoms with Gasteiger partial charge in [-0.1, -0.05) is 35.9 Å². The van der Waals surface area contributed by atoms with Crippen molar-refractivity contribution in [2.75, 3.05) is 11.9 Å². The largest absolute Gasteiger partial charge is 0.325 e. The Hall–Kier alpha value is -3.46. The van der Waals surface area contributed by atoms with Gasteiger partial charge in [-0.25, -0.2) is 4.79 Å². The van der Waals surface area contributed by atoms with E-state index in [9.17, 15) is 24.5 Å². The third-order valence-electron chi connectivity index (χ3n) is 4.36. The number of imide groups is 1. The smallest absolute Gasteiger partial charge is 0.323 e. The lowest BCUT2D eigenvalue weighted by atomic mass is 9.91. The minimum Gasteiger partial charge on any atom is -0.323 e. The van der Waals surface area contributed by atoms with Crippen LogP contribution in [0.25, 0.3) is 0 Å². The van der Waals surface area contributed by atoms with E-state index in [2.05, 4.69) is 10.6 Å². The number of carbonyl (C=O) groups is 3. The maximum atomic E-state index is 12.8. The summed E-state index contributed by atoms with van der Waals surface area (Å²) in [7, 11) is 0. The highest BCUT2D eigenvalue weighted by Crippen LogP contribution is 2.31. The zero-order valence-electron chi connectivity index (χ0n) is 14.6. The van der Waals surface area contributed by atoms with Crippen molar-refractivity contribution in [1.29, 1.82) is 0 Å². The molecule has 2 aromatic rings. The van der Waals surface area contributed by atoms with Gasteiger partial charge in [-0.05, 0) is 24.6 Å². The molecule has 1 atom stereocenters. The molecule has 1 saturated heterocycles. The molecule has 10 heteroatoms. The number of para-hydroxylation sites is 1. The van der Waals surface area contributed by atoms with Crippen LogP contribution in [0, 0.1) is 10.1 Å². The van der Waals surface area contributed by atoms with E-state index in [1.807, 2.05) is 0 Å². The molecular weight excluding hydrogens is 388 g/mol. The number of anilines is 1. The van der Waals surface area contributed by atoms with Gasteiger partial charge in [0.2, 0.25) is 5.91 Å². The highest BCUT2D eigenvalue weighted by molar-refractivity contribution is 6.33. The van der Waals surface area contributed by atoms with Gasteiger partial charge in [0, 0.05) is 12.1 Å². The van der Waals surface area contributed by atoms with E-state index >= 15 is 0 Å². The normalized spacial score (nSPS) is 18.7. The lowest BCUT2D eigenvalue weighted by Crippen LogP contribution is -2.42. The molecule has 2 N–H and O–H groups in total. The second-order valence-corrected chi connectivity index (χ2v) is 6.69. The second kappa shape index (κ2) is 7.28. The van der Waals surface area contributed by atoms with Crippen LogP contribution in [0.3, 0.4) is 0 Å². The fourth-order valence-electron chi connectivity index (χ4n) is 2.86. The molecule has 1 aliphatic rings. The van der Waals surface area contributed by atoms with Crippen LogP contribution in [0.2, 0.25) is 5.02 Å². The molecule has 3 rings (SSSR count). The van der Waals surface area contributed by atoms with Crippen molar-refractivity contribution in [3.8, 4) is 0 Å². The zero-order valence-corrected chi connectivity index (χ0v) is 15.4. The van der Waals surface area contributed by atoms with Gasteiger partial charge < -0.3 is 10.6 Å². The average molecular weight is 403 g/mol. The molecule has 0 aromatic heterocycles. The number of rotatable bonds is 5. The molecule has 1 fully saturated rings. The molecule has 0 aliphatic carbocycles. The van der Waals surface area contributed by atoms with Gasteiger partial charge in [0.1, 0.15) is 12.1 Å². The Morgan fingerprint density at radius 3 is 2.64 bits per heavy atom. The van der Waals surface area contributed by atoms with Gasteiger partial charge in [-0.3, -0.25) is 24.6 Å². The van der Waals surface area contributed by atoms with Crippen molar-refractivity contribution in [2.24, 2.45) is 0 Å². The number of hydrogen-bond donors (Lipinski definition) is 2. The van der Waals surface area contributed by atoms with Crippen molar-refractivity contribution < 1.29 is 19.3 Å². The first kappa shape index (κ1) is 19.3. The molecule has 0 bridgehead atoms. The highest BCUT2D eigenvalue weighted by atomic mass is 35.5. The third kappa shape index (κ3) is 3.52. The van der Waals surface area contributed by atoms with Crippen LogP contribution < -0.4 is 10.6 Å². The molecule has 2 aromatic carbocycles. The molecule has 1 aliphatic heterocycles. The molecule has 144 valence electrons. The predicted molar refractivity (Wildman–Crippen MR) is 101 cm³/mol. The summed E-state index contributed by atoms with van der Waals surface area (Å²) in [6.07, 6.45) is 0. The Balaban J connectivity index is 1.79. The number of amides is 4. The number of nitro benzene ring substituents is 1. The van der Waals surface area contributed by atoms with E-state index < -0.39 is 34.9 Å². The Morgan fingerprint density at radius 1 is 1.25 bits per heavy atom. The van der Waals surface area contributed by atoms with Crippen LogP contribution in [0.4, 0.5) is 16.2 Å². The summed E-state index contributed by atoms with van der Waals surface area (Å²) < 4.78 is 0. The molecule has 4 amide bonds. The summed E-state index contributed by atoms with van der Waals surface area (Å²) >= 11 is 5.98. The summed E-state index contributed by atoms with van der Waals surface area (Å²) in [5.41, 5.74) is -1.14. The molecule has 1 heterocycles. The monoisotopic (exact) mass is 402 g/mol. The van der Waals surface area contributed by atoms with E-state index in [1.165, 1.54) is 31.2 Å². The number of hydrogen-bond acceptors (Lipinski definition) is 5. The molecule has 9 nitrogen and oxygen atoms in total. The van der Waals surface area contributed by atoms with Crippen molar-refractivity contribution in [1.82, 2.24) is 10.2 Å². The van der Waals surface area contributed by atoms with Crippen LogP contribution in [0.5, 0.6) is 0 Å². The Kier molecular flexibility index (Phi) is 5.02. The van der Waals surface area contributed by atoms with Crippen LogP contribution in [-0.2, 0) is 15.1 Å². The fraction of sp³-hybridized carbons (Fsp3) is 0.167. The number of urea groups is 1. The van der Waals surface area contributed by atoms with Crippen molar-refractivity contribution in [2.45, 2.75) is 12.5 Å². The Bertz CT molecular complexity index is 995. The third-order valence-corrected chi connectivity index (χ3v) is 4.69. The summed E-state index contributed by atoms with van der Waals surface area (Å²) in [5, 5.41) is 16.3. The first-order valence-electron chi connectivity index (χ1n) is 8.16. The van der Waals surface area contributed by atoms with E-state index in [-0.39, 0.29) is 11.3 Å². The van der Waals surface area contributed by atoms with Gasteiger partial charge in [0.05, 0.1) is 15.6 Å². The summed E-state index contributed by atoms with van der Waals surface area (Å²) in [5.74, 6) is -1.30. The minimum atomic E-state index is -1.52. The van der Waals surface area contributed by atoms with Crippen molar-refractivity contribution in [3.05, 3.63) is 69.2 Å².